The molecule has 2 rings (SSSR count). The van der Waals surface area contributed by atoms with Crippen molar-refractivity contribution in [3.8, 4) is 5.75 Å². The molecule has 0 aliphatic carbocycles. The summed E-state index contributed by atoms with van der Waals surface area (Å²) < 4.78 is 41.1. The average Bonchev–Trinajstić information content (AvgIpc) is 2.58. The third-order valence-electron chi connectivity index (χ3n) is 3.67. The molecule has 140 valence electrons. The predicted octanol–water partition coefficient (Wildman–Crippen LogP) is 4.44. The van der Waals surface area contributed by atoms with Gasteiger partial charge in [-0.25, -0.2) is 0 Å². The van der Waals surface area contributed by atoms with Crippen LogP contribution in [-0.2, 0) is 11.3 Å². The van der Waals surface area contributed by atoms with Crippen molar-refractivity contribution in [1.29, 1.82) is 0 Å². The number of amides is 1. The number of nitrogens with one attached hydrogen (secondary N) is 2. The number of benzene rings is 2. The Morgan fingerprint density at radius 2 is 1.69 bits per heavy atom. The average molecular weight is 366 g/mol. The van der Waals surface area contributed by atoms with E-state index in [2.05, 4.69) is 10.6 Å². The number of hydrogen-bond donors (Lipinski definition) is 2. The minimum absolute atomic E-state index is 0.0155. The van der Waals surface area contributed by atoms with E-state index in [1.54, 1.807) is 12.1 Å². The Labute approximate surface area is 150 Å². The summed E-state index contributed by atoms with van der Waals surface area (Å²) >= 11 is 0. The van der Waals surface area contributed by atoms with Gasteiger partial charge < -0.3 is 15.4 Å². The molecule has 1 atom stereocenters. The molecule has 2 aromatic carbocycles. The predicted molar refractivity (Wildman–Crippen MR) is 94.0 cm³/mol. The van der Waals surface area contributed by atoms with Gasteiger partial charge in [-0.2, -0.15) is 13.2 Å². The second-order valence-electron chi connectivity index (χ2n) is 5.95. The van der Waals surface area contributed by atoms with Gasteiger partial charge in [0.1, 0.15) is 5.75 Å². The van der Waals surface area contributed by atoms with Crippen LogP contribution in [0.1, 0.15) is 31.0 Å². The van der Waals surface area contributed by atoms with Crippen molar-refractivity contribution < 1.29 is 22.7 Å². The van der Waals surface area contributed by atoms with E-state index in [1.807, 2.05) is 31.2 Å². The van der Waals surface area contributed by atoms with E-state index in [4.69, 9.17) is 4.74 Å². The maximum Gasteiger partial charge on any atom is 0.422 e. The zero-order chi connectivity index (χ0) is 19.2. The minimum Gasteiger partial charge on any atom is -0.484 e. The zero-order valence-corrected chi connectivity index (χ0v) is 14.6. The Balaban J connectivity index is 1.85. The van der Waals surface area contributed by atoms with Crippen molar-refractivity contribution in [3.63, 3.8) is 0 Å². The van der Waals surface area contributed by atoms with E-state index >= 15 is 0 Å². The smallest absolute Gasteiger partial charge is 0.422 e. The van der Waals surface area contributed by atoms with Crippen LogP contribution in [0.2, 0.25) is 0 Å². The molecule has 0 aliphatic heterocycles. The molecule has 26 heavy (non-hydrogen) atoms. The number of carbonyl (C=O) groups is 1. The van der Waals surface area contributed by atoms with Gasteiger partial charge in [0.2, 0.25) is 5.91 Å². The summed E-state index contributed by atoms with van der Waals surface area (Å²) in [6.07, 6.45) is -4.34. The van der Waals surface area contributed by atoms with Gasteiger partial charge in [0.05, 0.1) is 0 Å². The quantitative estimate of drug-likeness (QED) is 0.762. The molecule has 0 aliphatic rings. The molecule has 1 amide bonds. The van der Waals surface area contributed by atoms with Crippen LogP contribution < -0.4 is 15.4 Å². The molecule has 7 heteroatoms. The van der Waals surface area contributed by atoms with Gasteiger partial charge in [-0.1, -0.05) is 24.3 Å². The van der Waals surface area contributed by atoms with Crippen LogP contribution >= 0.6 is 0 Å². The van der Waals surface area contributed by atoms with Gasteiger partial charge in [0, 0.05) is 25.2 Å². The highest BCUT2D eigenvalue weighted by Crippen LogP contribution is 2.21. The summed E-state index contributed by atoms with van der Waals surface area (Å²) in [5.74, 6) is 0.0685. The molecule has 0 bridgehead atoms. The summed E-state index contributed by atoms with van der Waals surface area (Å²) in [6.45, 7) is 2.75. The molecule has 0 spiro atoms. The molecule has 2 N–H and O–H groups in total. The van der Waals surface area contributed by atoms with Crippen LogP contribution in [0.5, 0.6) is 5.75 Å². The topological polar surface area (TPSA) is 50.4 Å². The molecule has 0 radical (unpaired) electrons. The van der Waals surface area contributed by atoms with Crippen LogP contribution in [-0.4, -0.2) is 18.7 Å². The lowest BCUT2D eigenvalue weighted by atomic mass is 10.1. The second-order valence-corrected chi connectivity index (χ2v) is 5.95. The molecule has 0 saturated heterocycles. The molecular formula is C19H21F3N2O2. The van der Waals surface area contributed by atoms with E-state index in [0.717, 1.165) is 16.8 Å². The lowest BCUT2D eigenvalue weighted by Crippen LogP contribution is -2.19. The Kier molecular flexibility index (Phi) is 6.63. The van der Waals surface area contributed by atoms with Gasteiger partial charge in [0.15, 0.2) is 6.61 Å². The van der Waals surface area contributed by atoms with E-state index in [-0.39, 0.29) is 17.7 Å². The molecule has 0 heterocycles. The fourth-order valence-corrected chi connectivity index (χ4v) is 2.32. The number of carbonyl (C=O) groups excluding carboxylic acids is 1. The highest BCUT2D eigenvalue weighted by molar-refractivity contribution is 5.88. The lowest BCUT2D eigenvalue weighted by molar-refractivity contribution is -0.153. The molecule has 0 aromatic heterocycles. The zero-order valence-electron chi connectivity index (χ0n) is 14.6. The SMILES string of the molecule is CC(=O)Nc1ccc(CNC(C)c2ccc(OCC(F)(F)F)cc2)cc1. The first-order valence-electron chi connectivity index (χ1n) is 8.12. The van der Waals surface area contributed by atoms with Gasteiger partial charge >= 0.3 is 6.18 Å². The van der Waals surface area contributed by atoms with Crippen LogP contribution in [0.15, 0.2) is 48.5 Å². The summed E-state index contributed by atoms with van der Waals surface area (Å²) in [6, 6.07) is 14.0. The number of halogens is 3. The highest BCUT2D eigenvalue weighted by Gasteiger charge is 2.28. The number of anilines is 1. The maximum absolute atomic E-state index is 12.1. The van der Waals surface area contributed by atoms with Crippen molar-refractivity contribution in [2.45, 2.75) is 32.6 Å². The van der Waals surface area contributed by atoms with E-state index in [1.165, 1.54) is 19.1 Å². The van der Waals surface area contributed by atoms with E-state index in [0.29, 0.717) is 6.54 Å². The van der Waals surface area contributed by atoms with Crippen molar-refractivity contribution in [1.82, 2.24) is 5.32 Å². The van der Waals surface area contributed by atoms with Gasteiger partial charge in [0.25, 0.3) is 0 Å². The van der Waals surface area contributed by atoms with E-state index < -0.39 is 12.8 Å². The van der Waals surface area contributed by atoms with Crippen LogP contribution in [0, 0.1) is 0 Å². The Morgan fingerprint density at radius 1 is 1.08 bits per heavy atom. The molecular weight excluding hydrogens is 345 g/mol. The number of ether oxygens (including phenoxy) is 1. The monoisotopic (exact) mass is 366 g/mol. The highest BCUT2D eigenvalue weighted by atomic mass is 19.4. The lowest BCUT2D eigenvalue weighted by Gasteiger charge is -2.15. The van der Waals surface area contributed by atoms with Crippen LogP contribution in [0.3, 0.4) is 0 Å². The third kappa shape index (κ3) is 6.76. The summed E-state index contributed by atoms with van der Waals surface area (Å²) in [5.41, 5.74) is 2.74. The summed E-state index contributed by atoms with van der Waals surface area (Å²) in [4.78, 5) is 11.0. The summed E-state index contributed by atoms with van der Waals surface area (Å²) in [5, 5.41) is 6.05. The molecule has 2 aromatic rings. The standard InChI is InChI=1S/C19H21F3N2O2/c1-13(16-5-9-18(10-6-16)26-12-19(20,21)22)23-11-15-3-7-17(8-4-15)24-14(2)25/h3-10,13,23H,11-12H2,1-2H3,(H,24,25). The van der Waals surface area contributed by atoms with Crippen LogP contribution in [0.25, 0.3) is 0 Å². The van der Waals surface area contributed by atoms with Crippen molar-refractivity contribution in [2.75, 3.05) is 11.9 Å². The number of rotatable bonds is 7. The normalized spacial score (nSPS) is 12.5. The first-order chi connectivity index (χ1) is 12.2. The van der Waals surface area contributed by atoms with Gasteiger partial charge in [-0.3, -0.25) is 4.79 Å². The second kappa shape index (κ2) is 8.71. The molecule has 0 saturated carbocycles. The Bertz CT molecular complexity index is 713. The van der Waals surface area contributed by atoms with Gasteiger partial charge in [-0.15, -0.1) is 0 Å². The maximum atomic E-state index is 12.1. The van der Waals surface area contributed by atoms with Crippen molar-refractivity contribution in [3.05, 3.63) is 59.7 Å². The number of hydrogen-bond acceptors (Lipinski definition) is 3. The van der Waals surface area contributed by atoms with Crippen molar-refractivity contribution >= 4 is 11.6 Å². The van der Waals surface area contributed by atoms with E-state index in [9.17, 15) is 18.0 Å². The van der Waals surface area contributed by atoms with Crippen molar-refractivity contribution in [2.24, 2.45) is 0 Å². The van der Waals surface area contributed by atoms with Gasteiger partial charge in [-0.05, 0) is 42.3 Å². The molecule has 0 fully saturated rings. The first kappa shape index (κ1) is 19.8. The van der Waals surface area contributed by atoms with Crippen LogP contribution in [0.4, 0.5) is 18.9 Å². The largest absolute Gasteiger partial charge is 0.484 e. The fourth-order valence-electron chi connectivity index (χ4n) is 2.32. The molecule has 1 unspecified atom stereocenters. The summed E-state index contributed by atoms with van der Waals surface area (Å²) in [7, 11) is 0. The Morgan fingerprint density at radius 3 is 2.23 bits per heavy atom. The molecule has 4 nitrogen and oxygen atoms in total. The third-order valence-corrected chi connectivity index (χ3v) is 3.67. The Hall–Kier alpha value is -2.54. The fraction of sp³-hybridized carbons (Fsp3) is 0.316. The minimum atomic E-state index is -4.34. The number of alkyl halides is 3. The first-order valence-corrected chi connectivity index (χ1v) is 8.12.